The van der Waals surface area contributed by atoms with E-state index in [0.29, 0.717) is 11.6 Å². The van der Waals surface area contributed by atoms with Crippen molar-refractivity contribution < 1.29 is 0 Å². The number of benzene rings is 1. The van der Waals surface area contributed by atoms with Crippen molar-refractivity contribution >= 4 is 0 Å². The topological polar surface area (TPSA) is 48.0 Å². The molecule has 1 atom stereocenters. The standard InChI is InChI=1S/C17H20N2O/c1-11-3-5-13(6-4-11)16-10-9-15(12(2)18)17(20)19(16)14-7-8-14/h3-6,9-10,12,14H,7-8,18H2,1-2H3. The second-order valence-corrected chi connectivity index (χ2v) is 5.73. The number of rotatable bonds is 3. The molecule has 20 heavy (non-hydrogen) atoms. The van der Waals surface area contributed by atoms with Crippen molar-refractivity contribution in [1.82, 2.24) is 4.57 Å². The fraction of sp³-hybridized carbons (Fsp3) is 0.353. The van der Waals surface area contributed by atoms with Crippen LogP contribution in [0, 0.1) is 6.92 Å². The first-order valence-corrected chi connectivity index (χ1v) is 7.16. The summed E-state index contributed by atoms with van der Waals surface area (Å²) in [5, 5.41) is 0. The van der Waals surface area contributed by atoms with E-state index in [1.165, 1.54) is 5.56 Å². The predicted molar refractivity (Wildman–Crippen MR) is 81.7 cm³/mol. The minimum atomic E-state index is -0.223. The molecule has 3 rings (SSSR count). The summed E-state index contributed by atoms with van der Waals surface area (Å²) >= 11 is 0. The van der Waals surface area contributed by atoms with Crippen LogP contribution in [0.15, 0.2) is 41.2 Å². The molecule has 2 aromatic rings. The summed E-state index contributed by atoms with van der Waals surface area (Å²) in [5.41, 5.74) is 9.99. The molecular formula is C17H20N2O. The zero-order valence-corrected chi connectivity index (χ0v) is 12.0. The molecule has 1 heterocycles. The number of nitrogens with two attached hydrogens (primary N) is 1. The Hall–Kier alpha value is -1.87. The lowest BCUT2D eigenvalue weighted by Crippen LogP contribution is -2.27. The van der Waals surface area contributed by atoms with Gasteiger partial charge in [-0.2, -0.15) is 0 Å². The van der Waals surface area contributed by atoms with Crippen LogP contribution in [0.2, 0.25) is 0 Å². The Labute approximate surface area is 119 Å². The van der Waals surface area contributed by atoms with Gasteiger partial charge in [-0.15, -0.1) is 0 Å². The van der Waals surface area contributed by atoms with Gasteiger partial charge in [-0.05, 0) is 44.4 Å². The average Bonchev–Trinajstić information content (AvgIpc) is 3.23. The Balaban J connectivity index is 2.18. The van der Waals surface area contributed by atoms with Crippen molar-refractivity contribution in [1.29, 1.82) is 0 Å². The molecule has 1 aromatic carbocycles. The maximum atomic E-state index is 12.6. The first-order chi connectivity index (χ1) is 9.58. The molecule has 1 aliphatic rings. The van der Waals surface area contributed by atoms with Crippen LogP contribution < -0.4 is 11.3 Å². The molecule has 0 bridgehead atoms. The SMILES string of the molecule is Cc1ccc(-c2ccc(C(C)N)c(=O)n2C2CC2)cc1. The Bertz CT molecular complexity index is 679. The molecule has 1 aliphatic carbocycles. The second kappa shape index (κ2) is 4.91. The molecule has 0 spiro atoms. The second-order valence-electron chi connectivity index (χ2n) is 5.73. The van der Waals surface area contributed by atoms with E-state index in [4.69, 9.17) is 5.73 Å². The normalized spacial score (nSPS) is 16.1. The van der Waals surface area contributed by atoms with Gasteiger partial charge in [-0.1, -0.05) is 29.8 Å². The van der Waals surface area contributed by atoms with Crippen molar-refractivity contribution in [3.63, 3.8) is 0 Å². The summed E-state index contributed by atoms with van der Waals surface area (Å²) in [6, 6.07) is 12.3. The number of hydrogen-bond acceptors (Lipinski definition) is 2. The van der Waals surface area contributed by atoms with Crippen LogP contribution in [-0.2, 0) is 0 Å². The monoisotopic (exact) mass is 268 g/mol. The molecule has 1 aromatic heterocycles. The molecule has 1 fully saturated rings. The van der Waals surface area contributed by atoms with Gasteiger partial charge in [0.2, 0.25) is 0 Å². The third kappa shape index (κ3) is 2.29. The van der Waals surface area contributed by atoms with Gasteiger partial charge in [0.15, 0.2) is 0 Å². The smallest absolute Gasteiger partial charge is 0.256 e. The van der Waals surface area contributed by atoms with Gasteiger partial charge in [0.05, 0.1) is 5.69 Å². The van der Waals surface area contributed by atoms with Gasteiger partial charge in [0, 0.05) is 17.6 Å². The van der Waals surface area contributed by atoms with Crippen molar-refractivity contribution in [3.05, 3.63) is 57.9 Å². The molecule has 3 heteroatoms. The number of nitrogens with zero attached hydrogens (tertiary/aromatic N) is 1. The van der Waals surface area contributed by atoms with Crippen LogP contribution in [0.1, 0.15) is 43.0 Å². The molecular weight excluding hydrogens is 248 g/mol. The van der Waals surface area contributed by atoms with E-state index in [-0.39, 0.29) is 11.6 Å². The summed E-state index contributed by atoms with van der Waals surface area (Å²) in [6.07, 6.45) is 2.17. The quantitative estimate of drug-likeness (QED) is 0.929. The number of aryl methyl sites for hydroxylation is 1. The Morgan fingerprint density at radius 2 is 1.80 bits per heavy atom. The molecule has 104 valence electrons. The summed E-state index contributed by atoms with van der Waals surface area (Å²) < 4.78 is 1.93. The van der Waals surface area contributed by atoms with Crippen LogP contribution >= 0.6 is 0 Å². The average molecular weight is 268 g/mol. The maximum Gasteiger partial charge on any atom is 0.256 e. The molecule has 1 unspecified atom stereocenters. The zero-order chi connectivity index (χ0) is 14.3. The number of pyridine rings is 1. The zero-order valence-electron chi connectivity index (χ0n) is 12.0. The summed E-state index contributed by atoms with van der Waals surface area (Å²) in [5.74, 6) is 0. The van der Waals surface area contributed by atoms with Crippen LogP contribution in [0.3, 0.4) is 0 Å². The number of aromatic nitrogens is 1. The Kier molecular flexibility index (Phi) is 3.22. The maximum absolute atomic E-state index is 12.6. The van der Waals surface area contributed by atoms with Crippen molar-refractivity contribution in [3.8, 4) is 11.3 Å². The molecule has 2 N–H and O–H groups in total. The Morgan fingerprint density at radius 1 is 1.15 bits per heavy atom. The van der Waals surface area contributed by atoms with E-state index in [1.807, 2.05) is 23.6 Å². The van der Waals surface area contributed by atoms with E-state index < -0.39 is 0 Å². The fourth-order valence-corrected chi connectivity index (χ4v) is 2.57. The van der Waals surface area contributed by atoms with Gasteiger partial charge in [-0.3, -0.25) is 4.79 Å². The van der Waals surface area contributed by atoms with E-state index in [9.17, 15) is 4.79 Å². The third-order valence-corrected chi connectivity index (χ3v) is 3.90. The first-order valence-electron chi connectivity index (χ1n) is 7.16. The molecule has 0 aliphatic heterocycles. The lowest BCUT2D eigenvalue weighted by molar-refractivity contribution is 0.684. The Morgan fingerprint density at radius 3 is 2.35 bits per heavy atom. The van der Waals surface area contributed by atoms with Gasteiger partial charge >= 0.3 is 0 Å². The van der Waals surface area contributed by atoms with Crippen molar-refractivity contribution in [2.24, 2.45) is 5.73 Å². The largest absolute Gasteiger partial charge is 0.324 e. The molecule has 0 saturated heterocycles. The lowest BCUT2D eigenvalue weighted by atomic mass is 10.1. The minimum absolute atomic E-state index is 0.0700. The van der Waals surface area contributed by atoms with E-state index >= 15 is 0 Å². The fourth-order valence-electron chi connectivity index (χ4n) is 2.57. The third-order valence-electron chi connectivity index (χ3n) is 3.90. The van der Waals surface area contributed by atoms with Gasteiger partial charge in [0.25, 0.3) is 5.56 Å². The predicted octanol–water partition coefficient (Wildman–Crippen LogP) is 3.18. The summed E-state index contributed by atoms with van der Waals surface area (Å²) in [4.78, 5) is 12.6. The molecule has 0 radical (unpaired) electrons. The molecule has 0 amide bonds. The van der Waals surface area contributed by atoms with Gasteiger partial charge < -0.3 is 10.3 Å². The van der Waals surface area contributed by atoms with E-state index in [0.717, 1.165) is 24.1 Å². The first kappa shape index (κ1) is 13.1. The highest BCUT2D eigenvalue weighted by Gasteiger charge is 2.28. The van der Waals surface area contributed by atoms with E-state index in [2.05, 4.69) is 31.2 Å². The van der Waals surface area contributed by atoms with Crippen LogP contribution in [0.5, 0.6) is 0 Å². The minimum Gasteiger partial charge on any atom is -0.324 e. The van der Waals surface area contributed by atoms with Gasteiger partial charge in [-0.25, -0.2) is 0 Å². The highest BCUT2D eigenvalue weighted by Crippen LogP contribution is 2.37. The molecule has 3 nitrogen and oxygen atoms in total. The highest BCUT2D eigenvalue weighted by atomic mass is 16.1. The lowest BCUT2D eigenvalue weighted by Gasteiger charge is -2.15. The van der Waals surface area contributed by atoms with Crippen LogP contribution in [-0.4, -0.2) is 4.57 Å². The van der Waals surface area contributed by atoms with Crippen LogP contribution in [0.4, 0.5) is 0 Å². The van der Waals surface area contributed by atoms with Crippen molar-refractivity contribution in [2.75, 3.05) is 0 Å². The van der Waals surface area contributed by atoms with Gasteiger partial charge in [0.1, 0.15) is 0 Å². The summed E-state index contributed by atoms with van der Waals surface area (Å²) in [6.45, 7) is 3.93. The van der Waals surface area contributed by atoms with Crippen molar-refractivity contribution in [2.45, 2.75) is 38.8 Å². The summed E-state index contributed by atoms with van der Waals surface area (Å²) in [7, 11) is 0. The molecule has 1 saturated carbocycles. The van der Waals surface area contributed by atoms with Crippen LogP contribution in [0.25, 0.3) is 11.3 Å². The number of hydrogen-bond donors (Lipinski definition) is 1. The van der Waals surface area contributed by atoms with E-state index in [1.54, 1.807) is 0 Å². The highest BCUT2D eigenvalue weighted by molar-refractivity contribution is 5.60.